The second kappa shape index (κ2) is 9.54. The number of benzene rings is 3. The molecule has 31 heavy (non-hydrogen) atoms. The van der Waals surface area contributed by atoms with E-state index >= 15 is 0 Å². The molecule has 1 saturated heterocycles. The molecule has 1 fully saturated rings. The van der Waals surface area contributed by atoms with Crippen LogP contribution in [0.5, 0.6) is 5.75 Å². The average Bonchev–Trinajstić information content (AvgIpc) is 3.03. The molecule has 0 spiro atoms. The number of nitrogens with zero attached hydrogens (tertiary/aromatic N) is 1. The Morgan fingerprint density at radius 1 is 1.00 bits per heavy atom. The van der Waals surface area contributed by atoms with Gasteiger partial charge in [-0.15, -0.1) is 0 Å². The lowest BCUT2D eigenvalue weighted by Gasteiger charge is -2.14. The Morgan fingerprint density at radius 3 is 2.48 bits per heavy atom. The van der Waals surface area contributed by atoms with Gasteiger partial charge in [0.05, 0.1) is 15.9 Å². The first-order chi connectivity index (χ1) is 15.0. The van der Waals surface area contributed by atoms with Crippen molar-refractivity contribution in [3.63, 3.8) is 0 Å². The Kier molecular flexibility index (Phi) is 6.59. The summed E-state index contributed by atoms with van der Waals surface area (Å²) in [4.78, 5) is 27.0. The third kappa shape index (κ3) is 5.09. The summed E-state index contributed by atoms with van der Waals surface area (Å²) in [6.45, 7) is 2.73. The van der Waals surface area contributed by atoms with E-state index in [0.717, 1.165) is 38.5 Å². The molecule has 0 bridgehead atoms. The first-order valence-corrected chi connectivity index (χ1v) is 11.4. The lowest BCUT2D eigenvalue weighted by molar-refractivity contribution is -0.123. The van der Waals surface area contributed by atoms with Crippen LogP contribution in [0.1, 0.15) is 22.3 Å². The molecule has 0 unspecified atom stereocenters. The van der Waals surface area contributed by atoms with Gasteiger partial charge in [-0.2, -0.15) is 0 Å². The number of amides is 2. The number of hydrogen-bond acceptors (Lipinski definition) is 4. The van der Waals surface area contributed by atoms with Crippen LogP contribution in [-0.4, -0.2) is 16.0 Å². The summed E-state index contributed by atoms with van der Waals surface area (Å²) in [5.41, 5.74) is 3.93. The highest BCUT2D eigenvalue weighted by Gasteiger charge is 2.35. The molecule has 1 aliphatic rings. The molecule has 0 atom stereocenters. The van der Waals surface area contributed by atoms with Crippen LogP contribution in [0.3, 0.4) is 0 Å². The van der Waals surface area contributed by atoms with E-state index in [-0.39, 0.29) is 17.7 Å². The van der Waals surface area contributed by atoms with Crippen molar-refractivity contribution in [2.75, 3.05) is 0 Å². The van der Waals surface area contributed by atoms with Crippen molar-refractivity contribution >= 4 is 44.9 Å². The number of carbonyl (C=O) groups is 2. The van der Waals surface area contributed by atoms with Crippen LogP contribution in [0.25, 0.3) is 6.08 Å². The van der Waals surface area contributed by atoms with Crippen LogP contribution < -0.4 is 4.74 Å². The van der Waals surface area contributed by atoms with Crippen LogP contribution in [0.15, 0.2) is 82.2 Å². The Bertz CT molecular complexity index is 1160. The molecule has 156 valence electrons. The summed E-state index contributed by atoms with van der Waals surface area (Å²) in [7, 11) is 0. The second-order valence-electron chi connectivity index (χ2n) is 7.16. The van der Waals surface area contributed by atoms with E-state index in [2.05, 4.69) is 15.9 Å². The van der Waals surface area contributed by atoms with Gasteiger partial charge in [-0.3, -0.25) is 14.5 Å². The fourth-order valence-electron chi connectivity index (χ4n) is 3.20. The Hall–Kier alpha value is -2.83. The van der Waals surface area contributed by atoms with Crippen molar-refractivity contribution in [2.24, 2.45) is 0 Å². The summed E-state index contributed by atoms with van der Waals surface area (Å²) >= 11 is 4.51. The molecule has 0 aromatic heterocycles. The lowest BCUT2D eigenvalue weighted by Crippen LogP contribution is -2.27. The normalized spacial score (nSPS) is 15.0. The third-order valence-electron chi connectivity index (χ3n) is 4.95. The van der Waals surface area contributed by atoms with Gasteiger partial charge >= 0.3 is 0 Å². The Balaban J connectivity index is 1.47. The molecular weight excluding hydrogens is 474 g/mol. The highest BCUT2D eigenvalue weighted by atomic mass is 79.9. The summed E-state index contributed by atoms with van der Waals surface area (Å²) in [5.74, 6) is 0.451. The van der Waals surface area contributed by atoms with Gasteiger partial charge in [-0.1, -0.05) is 60.7 Å². The van der Waals surface area contributed by atoms with Crippen molar-refractivity contribution < 1.29 is 14.3 Å². The first-order valence-electron chi connectivity index (χ1n) is 9.77. The van der Waals surface area contributed by atoms with Crippen molar-refractivity contribution in [3.8, 4) is 5.75 Å². The molecule has 2 amide bonds. The maximum absolute atomic E-state index is 12.8. The molecule has 4 rings (SSSR count). The smallest absolute Gasteiger partial charge is 0.293 e. The van der Waals surface area contributed by atoms with Crippen LogP contribution >= 0.6 is 27.7 Å². The molecule has 4 nitrogen and oxygen atoms in total. The maximum Gasteiger partial charge on any atom is 0.293 e. The zero-order chi connectivity index (χ0) is 21.8. The summed E-state index contributed by atoms with van der Waals surface area (Å²) in [5, 5.41) is -0.249. The van der Waals surface area contributed by atoms with Gasteiger partial charge < -0.3 is 4.74 Å². The van der Waals surface area contributed by atoms with E-state index in [1.54, 1.807) is 6.08 Å². The number of ether oxygens (including phenoxy) is 1. The zero-order valence-electron chi connectivity index (χ0n) is 16.9. The van der Waals surface area contributed by atoms with Crippen LogP contribution in [0.4, 0.5) is 4.79 Å². The summed E-state index contributed by atoms with van der Waals surface area (Å²) in [6, 6.07) is 23.3. The number of aryl methyl sites for hydroxylation is 1. The zero-order valence-corrected chi connectivity index (χ0v) is 19.3. The maximum atomic E-state index is 12.8. The van der Waals surface area contributed by atoms with Gasteiger partial charge in [0.15, 0.2) is 0 Å². The van der Waals surface area contributed by atoms with E-state index in [1.165, 1.54) is 4.90 Å². The van der Waals surface area contributed by atoms with E-state index in [1.807, 2.05) is 79.7 Å². The van der Waals surface area contributed by atoms with Gasteiger partial charge in [0.25, 0.3) is 11.1 Å². The molecule has 3 aromatic carbocycles. The van der Waals surface area contributed by atoms with Crippen LogP contribution in [0, 0.1) is 6.92 Å². The fourth-order valence-corrected chi connectivity index (χ4v) is 4.55. The predicted molar refractivity (Wildman–Crippen MR) is 128 cm³/mol. The monoisotopic (exact) mass is 493 g/mol. The number of rotatable bonds is 6. The summed E-state index contributed by atoms with van der Waals surface area (Å²) in [6.07, 6.45) is 1.74. The van der Waals surface area contributed by atoms with Gasteiger partial charge in [-0.25, -0.2) is 0 Å². The largest absolute Gasteiger partial charge is 0.488 e. The topological polar surface area (TPSA) is 46.6 Å². The Labute approximate surface area is 194 Å². The van der Waals surface area contributed by atoms with E-state index < -0.39 is 0 Å². The van der Waals surface area contributed by atoms with E-state index in [9.17, 15) is 9.59 Å². The fraction of sp³-hybridized carbons (Fsp3) is 0.120. The quantitative estimate of drug-likeness (QED) is 0.364. The molecule has 0 N–H and O–H groups in total. The van der Waals surface area contributed by atoms with Gasteiger partial charge in [0.1, 0.15) is 12.4 Å². The third-order valence-corrected chi connectivity index (χ3v) is 6.48. The van der Waals surface area contributed by atoms with Gasteiger partial charge in [0, 0.05) is 0 Å². The molecule has 0 aliphatic carbocycles. The van der Waals surface area contributed by atoms with Crippen LogP contribution in [0.2, 0.25) is 0 Å². The molecule has 0 radical (unpaired) electrons. The highest BCUT2D eigenvalue weighted by molar-refractivity contribution is 9.10. The SMILES string of the molecule is Cc1ccccc1CN1C(=O)S/C(=C\c2ccc(OCc3ccccc3)c(Br)c2)C1=O. The van der Waals surface area contributed by atoms with Crippen molar-refractivity contribution in [1.82, 2.24) is 4.90 Å². The lowest BCUT2D eigenvalue weighted by atomic mass is 10.1. The van der Waals surface area contributed by atoms with Gasteiger partial charge in [0.2, 0.25) is 0 Å². The van der Waals surface area contributed by atoms with Crippen LogP contribution in [-0.2, 0) is 17.9 Å². The predicted octanol–water partition coefficient (Wildman–Crippen LogP) is 6.57. The van der Waals surface area contributed by atoms with E-state index in [4.69, 9.17) is 4.74 Å². The first kappa shape index (κ1) is 21.4. The highest BCUT2D eigenvalue weighted by Crippen LogP contribution is 2.35. The number of thioether (sulfide) groups is 1. The minimum Gasteiger partial charge on any atom is -0.488 e. The standard InChI is InChI=1S/C25H20BrNO3S/c1-17-7-5-6-10-20(17)15-27-24(28)23(31-25(27)29)14-19-11-12-22(21(26)13-19)30-16-18-8-3-2-4-9-18/h2-14H,15-16H2,1H3/b23-14-. The van der Waals surface area contributed by atoms with E-state index in [0.29, 0.717) is 17.3 Å². The number of hydrogen-bond donors (Lipinski definition) is 0. The summed E-state index contributed by atoms with van der Waals surface area (Å²) < 4.78 is 6.67. The molecule has 3 aromatic rings. The van der Waals surface area contributed by atoms with Crippen molar-refractivity contribution in [3.05, 3.63) is 104 Å². The molecule has 1 heterocycles. The minimum absolute atomic E-state index is 0.249. The molecule has 1 aliphatic heterocycles. The number of halogens is 1. The van der Waals surface area contributed by atoms with Gasteiger partial charge in [-0.05, 0) is 75.1 Å². The minimum atomic E-state index is -0.265. The molecular formula is C25H20BrNO3S. The van der Waals surface area contributed by atoms with Crippen molar-refractivity contribution in [2.45, 2.75) is 20.1 Å². The second-order valence-corrected chi connectivity index (χ2v) is 9.01. The Morgan fingerprint density at radius 2 is 1.74 bits per heavy atom. The molecule has 0 saturated carbocycles. The van der Waals surface area contributed by atoms with Crippen molar-refractivity contribution in [1.29, 1.82) is 0 Å². The number of carbonyl (C=O) groups excluding carboxylic acids is 2. The molecule has 6 heteroatoms. The number of imide groups is 1. The average molecular weight is 494 g/mol.